The predicted molar refractivity (Wildman–Crippen MR) is 67.4 cm³/mol. The third-order valence-electron chi connectivity index (χ3n) is 2.96. The molecule has 2 atom stereocenters. The Morgan fingerprint density at radius 1 is 1.24 bits per heavy atom. The monoisotopic (exact) mass is 356 g/mol. The van der Waals surface area contributed by atoms with Crippen LogP contribution in [0.25, 0.3) is 0 Å². The van der Waals surface area contributed by atoms with Crippen molar-refractivity contribution in [1.29, 1.82) is 0 Å². The van der Waals surface area contributed by atoms with Crippen molar-refractivity contribution in [2.24, 2.45) is 0 Å². The molecule has 1 nitrogen and oxygen atoms in total. The molecule has 1 aromatic rings. The van der Waals surface area contributed by atoms with Crippen LogP contribution in [0.15, 0.2) is 24.3 Å². The van der Waals surface area contributed by atoms with Crippen molar-refractivity contribution in [2.45, 2.75) is 24.6 Å². The van der Waals surface area contributed by atoms with E-state index in [1.807, 2.05) is 0 Å². The summed E-state index contributed by atoms with van der Waals surface area (Å²) in [6, 6.07) is 5.41. The van der Waals surface area contributed by atoms with Crippen LogP contribution in [-0.4, -0.2) is 17.1 Å². The van der Waals surface area contributed by atoms with Crippen molar-refractivity contribution in [3.05, 3.63) is 35.4 Å². The number of ether oxygens (including phenoxy) is 1. The fourth-order valence-corrected chi connectivity index (χ4v) is 2.60. The van der Waals surface area contributed by atoms with Gasteiger partial charge in [-0.25, -0.2) is 0 Å². The molecule has 1 saturated heterocycles. The summed E-state index contributed by atoms with van der Waals surface area (Å²) in [4.78, 5) is 0. The fourth-order valence-electron chi connectivity index (χ4n) is 1.99. The Morgan fingerprint density at radius 2 is 1.88 bits per heavy atom. The Morgan fingerprint density at radius 3 is 2.35 bits per heavy atom. The van der Waals surface area contributed by atoms with Gasteiger partial charge in [-0.1, -0.05) is 34.7 Å². The first kappa shape index (κ1) is 13.1. The molecule has 0 spiro atoms. The van der Waals surface area contributed by atoms with Gasteiger partial charge in [0.2, 0.25) is 0 Å². The molecule has 1 fully saturated rings. The first-order valence-corrected chi connectivity index (χ1v) is 6.88. The third-order valence-corrected chi connectivity index (χ3v) is 3.94. The molecule has 94 valence electrons. The molecule has 1 aliphatic rings. The van der Waals surface area contributed by atoms with Gasteiger partial charge in [-0.15, -0.1) is 0 Å². The molecule has 0 saturated carbocycles. The molecule has 17 heavy (non-hydrogen) atoms. The van der Waals surface area contributed by atoms with Gasteiger partial charge >= 0.3 is 6.18 Å². The number of halogens is 4. The summed E-state index contributed by atoms with van der Waals surface area (Å²) in [5, 5.41) is 0. The quantitative estimate of drug-likeness (QED) is 0.575. The van der Waals surface area contributed by atoms with Gasteiger partial charge in [0.25, 0.3) is 0 Å². The molecule has 0 aliphatic carbocycles. The van der Waals surface area contributed by atoms with Crippen LogP contribution in [0.3, 0.4) is 0 Å². The van der Waals surface area contributed by atoms with Gasteiger partial charge in [0, 0.05) is 10.3 Å². The molecule has 0 aromatic heterocycles. The second-order valence-electron chi connectivity index (χ2n) is 4.16. The second-order valence-corrected chi connectivity index (χ2v) is 5.04. The summed E-state index contributed by atoms with van der Waals surface area (Å²) in [5.74, 6) is 0.233. The molecule has 0 radical (unpaired) electrons. The summed E-state index contributed by atoms with van der Waals surface area (Å²) in [6.07, 6.45) is -3.12. The highest BCUT2D eigenvalue weighted by atomic mass is 127. The smallest absolute Gasteiger partial charge is 0.377 e. The average molecular weight is 356 g/mol. The maximum Gasteiger partial charge on any atom is 0.416 e. The van der Waals surface area contributed by atoms with E-state index in [0.717, 1.165) is 28.5 Å². The van der Waals surface area contributed by atoms with Gasteiger partial charge in [-0.3, -0.25) is 0 Å². The van der Waals surface area contributed by atoms with Gasteiger partial charge in [0.05, 0.1) is 18.3 Å². The van der Waals surface area contributed by atoms with E-state index < -0.39 is 11.7 Å². The Hall–Kier alpha value is -0.300. The van der Waals surface area contributed by atoms with Crippen molar-refractivity contribution in [1.82, 2.24) is 0 Å². The van der Waals surface area contributed by atoms with E-state index >= 15 is 0 Å². The lowest BCUT2D eigenvalue weighted by atomic mass is 9.96. The lowest BCUT2D eigenvalue weighted by Gasteiger charge is -2.11. The lowest BCUT2D eigenvalue weighted by Crippen LogP contribution is -2.06. The zero-order valence-corrected chi connectivity index (χ0v) is 11.2. The zero-order chi connectivity index (χ0) is 12.5. The van der Waals surface area contributed by atoms with Crippen LogP contribution in [0.5, 0.6) is 0 Å². The number of benzene rings is 1. The number of rotatable bonds is 2. The van der Waals surface area contributed by atoms with E-state index in [1.54, 1.807) is 12.1 Å². The molecule has 1 aromatic carbocycles. The van der Waals surface area contributed by atoms with Crippen molar-refractivity contribution >= 4 is 22.6 Å². The predicted octanol–water partition coefficient (Wildman–Crippen LogP) is 4.01. The summed E-state index contributed by atoms with van der Waals surface area (Å²) in [7, 11) is 0. The highest BCUT2D eigenvalue weighted by Gasteiger charge is 2.31. The van der Waals surface area contributed by atoms with Gasteiger partial charge in [-0.05, 0) is 24.1 Å². The maximum atomic E-state index is 12.4. The van der Waals surface area contributed by atoms with E-state index in [-0.39, 0.29) is 12.0 Å². The van der Waals surface area contributed by atoms with Gasteiger partial charge in [0.1, 0.15) is 0 Å². The topological polar surface area (TPSA) is 9.23 Å². The molecule has 2 rings (SSSR count). The van der Waals surface area contributed by atoms with Crippen LogP contribution in [-0.2, 0) is 10.9 Å². The maximum absolute atomic E-state index is 12.4. The minimum Gasteiger partial charge on any atom is -0.377 e. The number of alkyl halides is 4. The molecular weight excluding hydrogens is 344 g/mol. The van der Waals surface area contributed by atoms with Crippen LogP contribution in [0.2, 0.25) is 0 Å². The van der Waals surface area contributed by atoms with E-state index in [9.17, 15) is 13.2 Å². The molecule has 1 aliphatic heterocycles. The Kier molecular flexibility index (Phi) is 3.97. The fraction of sp³-hybridized carbons (Fsp3) is 0.500. The van der Waals surface area contributed by atoms with Crippen LogP contribution in [0.1, 0.15) is 23.5 Å². The largest absolute Gasteiger partial charge is 0.416 e. The lowest BCUT2D eigenvalue weighted by molar-refractivity contribution is -0.137. The minimum atomic E-state index is -4.25. The Bertz CT molecular complexity index is 374. The highest BCUT2D eigenvalue weighted by molar-refractivity contribution is 14.1. The minimum absolute atomic E-state index is 0.233. The summed E-state index contributed by atoms with van der Waals surface area (Å²) >= 11 is 2.26. The van der Waals surface area contributed by atoms with Crippen molar-refractivity contribution < 1.29 is 17.9 Å². The SMILES string of the molecule is FC(F)(F)c1ccc([C@@H]2CO[C@H](CI)C2)cc1. The molecule has 0 unspecified atom stereocenters. The van der Waals surface area contributed by atoms with Gasteiger partial charge in [0.15, 0.2) is 0 Å². The molecule has 0 amide bonds. The summed E-state index contributed by atoms with van der Waals surface area (Å²) in [5.41, 5.74) is 0.343. The van der Waals surface area contributed by atoms with Crippen LogP contribution in [0.4, 0.5) is 13.2 Å². The van der Waals surface area contributed by atoms with Crippen molar-refractivity contribution in [3.63, 3.8) is 0 Å². The van der Waals surface area contributed by atoms with Gasteiger partial charge in [-0.2, -0.15) is 13.2 Å². The third kappa shape index (κ3) is 3.13. The van der Waals surface area contributed by atoms with E-state index in [2.05, 4.69) is 22.6 Å². The zero-order valence-electron chi connectivity index (χ0n) is 9.01. The average Bonchev–Trinajstić information content (AvgIpc) is 2.76. The van der Waals surface area contributed by atoms with Crippen molar-refractivity contribution in [2.75, 3.05) is 11.0 Å². The van der Waals surface area contributed by atoms with E-state index in [4.69, 9.17) is 4.74 Å². The number of hydrogen-bond acceptors (Lipinski definition) is 1. The molecule has 5 heteroatoms. The van der Waals surface area contributed by atoms with Crippen LogP contribution < -0.4 is 0 Å². The van der Waals surface area contributed by atoms with Crippen LogP contribution in [0, 0.1) is 0 Å². The number of hydrogen-bond donors (Lipinski definition) is 0. The summed E-state index contributed by atoms with van der Waals surface area (Å²) < 4.78 is 43.6. The molecule has 0 N–H and O–H groups in total. The first-order chi connectivity index (χ1) is 8.00. The van der Waals surface area contributed by atoms with Crippen LogP contribution >= 0.6 is 22.6 Å². The van der Waals surface area contributed by atoms with E-state index in [1.165, 1.54) is 0 Å². The van der Waals surface area contributed by atoms with Crippen molar-refractivity contribution in [3.8, 4) is 0 Å². The van der Waals surface area contributed by atoms with Gasteiger partial charge < -0.3 is 4.74 Å². The van der Waals surface area contributed by atoms with E-state index in [0.29, 0.717) is 6.61 Å². The second kappa shape index (κ2) is 5.14. The Balaban J connectivity index is 2.09. The summed E-state index contributed by atoms with van der Waals surface area (Å²) in [6.45, 7) is 0.610. The normalized spacial score (nSPS) is 25.2. The standard InChI is InChI=1S/C12H12F3IO/c13-12(14,15)10-3-1-8(2-4-10)9-5-11(6-16)17-7-9/h1-4,9,11H,5-7H2/t9-,11-/m0/s1. The Labute approximate surface area is 111 Å². The highest BCUT2D eigenvalue weighted by Crippen LogP contribution is 2.33. The first-order valence-electron chi connectivity index (χ1n) is 5.35. The molecule has 1 heterocycles. The molecule has 0 bridgehead atoms. The molecular formula is C12H12F3IO.